The molecular formula is C24H22N2O5S. The van der Waals surface area contributed by atoms with E-state index in [1.54, 1.807) is 0 Å². The van der Waals surface area contributed by atoms with Gasteiger partial charge < -0.3 is 10.1 Å². The number of aryl methyl sites for hydroxylation is 2. The van der Waals surface area contributed by atoms with Crippen LogP contribution in [-0.2, 0) is 17.6 Å². The molecule has 2 aromatic carbocycles. The number of fused-ring (bicyclic) bond motifs is 1. The molecule has 1 N–H and O–H groups in total. The third kappa shape index (κ3) is 4.01. The number of nitrogens with one attached hydrogen (secondary N) is 1. The normalized spacial score (nSPS) is 12.7. The van der Waals surface area contributed by atoms with Crippen LogP contribution in [0.2, 0.25) is 0 Å². The van der Waals surface area contributed by atoms with Gasteiger partial charge in [0.2, 0.25) is 0 Å². The van der Waals surface area contributed by atoms with Crippen LogP contribution in [0.5, 0.6) is 0 Å². The molecule has 0 spiro atoms. The molecule has 1 heterocycles. The summed E-state index contributed by atoms with van der Waals surface area (Å²) in [7, 11) is 1.30. The van der Waals surface area contributed by atoms with Gasteiger partial charge in [-0.15, -0.1) is 11.3 Å². The molecule has 0 atom stereocenters. The Morgan fingerprint density at radius 3 is 2.59 bits per heavy atom. The van der Waals surface area contributed by atoms with Crippen LogP contribution in [0.3, 0.4) is 0 Å². The Kier molecular flexibility index (Phi) is 6.05. The molecule has 0 saturated heterocycles. The quantitative estimate of drug-likeness (QED) is 0.312. The van der Waals surface area contributed by atoms with Crippen molar-refractivity contribution in [1.82, 2.24) is 0 Å². The average molecular weight is 451 g/mol. The van der Waals surface area contributed by atoms with Gasteiger partial charge in [-0.2, -0.15) is 0 Å². The van der Waals surface area contributed by atoms with Crippen LogP contribution in [0.25, 0.3) is 11.1 Å². The molecule has 0 saturated carbocycles. The Labute approximate surface area is 189 Å². The number of hydrogen-bond donors (Lipinski definition) is 1. The minimum absolute atomic E-state index is 0.133. The van der Waals surface area contributed by atoms with Crippen molar-refractivity contribution in [2.24, 2.45) is 0 Å². The number of nitro groups is 1. The molecule has 0 aliphatic heterocycles. The average Bonchev–Trinajstić information content (AvgIpc) is 3.21. The number of amides is 1. The van der Waals surface area contributed by atoms with Gasteiger partial charge in [-0.3, -0.25) is 14.9 Å². The number of hydrogen-bond acceptors (Lipinski definition) is 6. The topological polar surface area (TPSA) is 98.5 Å². The van der Waals surface area contributed by atoms with Crippen molar-refractivity contribution in [3.05, 3.63) is 79.7 Å². The first-order valence-corrected chi connectivity index (χ1v) is 11.2. The lowest BCUT2D eigenvalue weighted by atomic mass is 9.89. The predicted molar refractivity (Wildman–Crippen MR) is 124 cm³/mol. The van der Waals surface area contributed by atoms with Gasteiger partial charge in [0.25, 0.3) is 11.6 Å². The maximum absolute atomic E-state index is 12.9. The Bertz CT molecular complexity index is 1230. The van der Waals surface area contributed by atoms with Gasteiger partial charge in [0.05, 0.1) is 12.0 Å². The van der Waals surface area contributed by atoms with Crippen LogP contribution in [0.15, 0.2) is 41.8 Å². The third-order valence-corrected chi connectivity index (χ3v) is 6.71. The summed E-state index contributed by atoms with van der Waals surface area (Å²) in [5.41, 5.74) is 4.81. The molecule has 0 fully saturated rings. The van der Waals surface area contributed by atoms with E-state index in [2.05, 4.69) is 17.4 Å². The molecule has 0 bridgehead atoms. The highest BCUT2D eigenvalue weighted by molar-refractivity contribution is 7.15. The fourth-order valence-corrected chi connectivity index (χ4v) is 5.06. The van der Waals surface area contributed by atoms with Crippen molar-refractivity contribution in [3.8, 4) is 11.1 Å². The number of methoxy groups -OCH3 is 1. The molecule has 0 unspecified atom stereocenters. The van der Waals surface area contributed by atoms with Gasteiger partial charge in [0.15, 0.2) is 0 Å². The number of ether oxygens (including phenoxy) is 1. The molecule has 32 heavy (non-hydrogen) atoms. The highest BCUT2D eigenvalue weighted by atomic mass is 32.1. The molecule has 8 heteroatoms. The summed E-state index contributed by atoms with van der Waals surface area (Å²) in [6.45, 7) is 1.53. The fourth-order valence-electron chi connectivity index (χ4n) is 4.11. The number of nitrogens with zero attached hydrogens (tertiary/aromatic N) is 1. The van der Waals surface area contributed by atoms with Crippen LogP contribution in [0.4, 0.5) is 10.7 Å². The van der Waals surface area contributed by atoms with E-state index in [0.717, 1.165) is 24.8 Å². The summed E-state index contributed by atoms with van der Waals surface area (Å²) in [4.78, 5) is 36.3. The van der Waals surface area contributed by atoms with E-state index in [-0.39, 0.29) is 22.4 Å². The maximum atomic E-state index is 12.9. The minimum atomic E-state index is -0.551. The van der Waals surface area contributed by atoms with Crippen LogP contribution >= 0.6 is 11.3 Å². The molecular weight excluding hydrogens is 428 g/mol. The first-order chi connectivity index (χ1) is 15.4. The van der Waals surface area contributed by atoms with E-state index in [1.807, 2.05) is 11.4 Å². The van der Waals surface area contributed by atoms with Crippen molar-refractivity contribution < 1.29 is 19.2 Å². The standard InChI is InChI=1S/C24H22N2O5S/c1-14-18(8-5-9-20(14)26(29)30)22(27)25-23-21(24(28)31-2)19(13-32-23)17-11-10-15-6-3-4-7-16(15)12-17/h5,8-13H,3-4,6-7H2,1-2H3,(H,25,27). The van der Waals surface area contributed by atoms with Crippen LogP contribution in [0, 0.1) is 17.0 Å². The Morgan fingerprint density at radius 2 is 1.88 bits per heavy atom. The first-order valence-electron chi connectivity index (χ1n) is 10.3. The Hall–Kier alpha value is -3.52. The van der Waals surface area contributed by atoms with E-state index in [9.17, 15) is 19.7 Å². The number of benzene rings is 2. The number of thiophene rings is 1. The van der Waals surface area contributed by atoms with E-state index in [1.165, 1.54) is 61.1 Å². The van der Waals surface area contributed by atoms with Crippen molar-refractivity contribution >= 4 is 33.9 Å². The zero-order valence-corrected chi connectivity index (χ0v) is 18.6. The lowest BCUT2D eigenvalue weighted by molar-refractivity contribution is -0.385. The molecule has 1 aromatic heterocycles. The van der Waals surface area contributed by atoms with Crippen LogP contribution in [0.1, 0.15) is 50.2 Å². The molecule has 7 nitrogen and oxygen atoms in total. The van der Waals surface area contributed by atoms with Crippen LogP contribution < -0.4 is 5.32 Å². The van der Waals surface area contributed by atoms with Gasteiger partial charge in [-0.1, -0.05) is 24.3 Å². The molecule has 0 radical (unpaired) electrons. The maximum Gasteiger partial charge on any atom is 0.341 e. The number of carbonyl (C=O) groups is 2. The zero-order chi connectivity index (χ0) is 22.8. The lowest BCUT2D eigenvalue weighted by Gasteiger charge is -2.17. The predicted octanol–water partition coefficient (Wildman–Crippen LogP) is 5.55. The van der Waals surface area contributed by atoms with Gasteiger partial charge >= 0.3 is 5.97 Å². The van der Waals surface area contributed by atoms with Crippen LogP contribution in [-0.4, -0.2) is 23.9 Å². The van der Waals surface area contributed by atoms with Crippen molar-refractivity contribution in [3.63, 3.8) is 0 Å². The summed E-state index contributed by atoms with van der Waals surface area (Å²) < 4.78 is 5.00. The van der Waals surface area contributed by atoms with Crippen molar-refractivity contribution in [1.29, 1.82) is 0 Å². The second kappa shape index (κ2) is 8.92. The number of carbonyl (C=O) groups excluding carboxylic acids is 2. The van der Waals surface area contributed by atoms with E-state index >= 15 is 0 Å². The van der Waals surface area contributed by atoms with E-state index < -0.39 is 16.8 Å². The molecule has 1 amide bonds. The lowest BCUT2D eigenvalue weighted by Crippen LogP contribution is -2.16. The van der Waals surface area contributed by atoms with Crippen molar-refractivity contribution in [2.45, 2.75) is 32.6 Å². The van der Waals surface area contributed by atoms with Gasteiger partial charge in [0, 0.05) is 28.1 Å². The Morgan fingerprint density at radius 1 is 1.12 bits per heavy atom. The second-order valence-corrected chi connectivity index (χ2v) is 8.58. The van der Waals surface area contributed by atoms with Gasteiger partial charge in [0.1, 0.15) is 10.6 Å². The molecule has 1 aliphatic rings. The minimum Gasteiger partial charge on any atom is -0.465 e. The molecule has 1 aliphatic carbocycles. The second-order valence-electron chi connectivity index (χ2n) is 7.70. The summed E-state index contributed by atoms with van der Waals surface area (Å²) in [5.74, 6) is -1.07. The number of rotatable bonds is 5. The number of nitro benzene ring substituents is 1. The number of esters is 1. The molecule has 4 rings (SSSR count). The highest BCUT2D eigenvalue weighted by Gasteiger charge is 2.25. The fraction of sp³-hybridized carbons (Fsp3) is 0.250. The highest BCUT2D eigenvalue weighted by Crippen LogP contribution is 2.38. The summed E-state index contributed by atoms with van der Waals surface area (Å²) in [5, 5.41) is 16.1. The van der Waals surface area contributed by atoms with E-state index in [0.29, 0.717) is 10.6 Å². The van der Waals surface area contributed by atoms with Gasteiger partial charge in [-0.05, 0) is 55.4 Å². The first kappa shape index (κ1) is 21.7. The third-order valence-electron chi connectivity index (χ3n) is 5.81. The number of anilines is 1. The SMILES string of the molecule is COC(=O)c1c(-c2ccc3c(c2)CCCC3)csc1NC(=O)c1cccc([N+](=O)[O-])c1C. The molecule has 3 aromatic rings. The largest absolute Gasteiger partial charge is 0.465 e. The summed E-state index contributed by atoms with van der Waals surface area (Å²) in [6, 6.07) is 10.6. The molecule has 164 valence electrons. The van der Waals surface area contributed by atoms with E-state index in [4.69, 9.17) is 4.74 Å². The zero-order valence-electron chi connectivity index (χ0n) is 17.8. The summed E-state index contributed by atoms with van der Waals surface area (Å²) >= 11 is 1.22. The van der Waals surface area contributed by atoms with Gasteiger partial charge in [-0.25, -0.2) is 4.79 Å². The van der Waals surface area contributed by atoms with Crippen molar-refractivity contribution in [2.75, 3.05) is 12.4 Å². The smallest absolute Gasteiger partial charge is 0.341 e. The summed E-state index contributed by atoms with van der Waals surface area (Å²) in [6.07, 6.45) is 4.41. The Balaban J connectivity index is 1.71. The monoisotopic (exact) mass is 450 g/mol.